The van der Waals surface area contributed by atoms with Crippen LogP contribution >= 0.6 is 0 Å². The maximum absolute atomic E-state index is 13.1. The van der Waals surface area contributed by atoms with Gasteiger partial charge in [-0.3, -0.25) is 9.59 Å². The highest BCUT2D eigenvalue weighted by Crippen LogP contribution is 2.50. The van der Waals surface area contributed by atoms with E-state index in [-0.39, 0.29) is 37.6 Å². The van der Waals surface area contributed by atoms with Gasteiger partial charge in [-0.15, -0.1) is 0 Å². The fourth-order valence-corrected chi connectivity index (χ4v) is 5.46. The molecule has 0 atom stereocenters. The van der Waals surface area contributed by atoms with E-state index in [1.54, 1.807) is 30.3 Å². The number of rotatable bonds is 0. The van der Waals surface area contributed by atoms with E-state index in [9.17, 15) is 23.1 Å². The number of carbonyl (C=O) groups excluding carboxylic acids is 2. The molecule has 3 aromatic rings. The van der Waals surface area contributed by atoms with Crippen LogP contribution in [0.25, 0.3) is 11.1 Å². The van der Waals surface area contributed by atoms with Crippen LogP contribution in [-0.2, 0) is 9.84 Å². The number of benzene rings is 3. The molecule has 0 aromatic heterocycles. The molecular weight excluding hydrogens is 352 g/mol. The topological polar surface area (TPSA) is 88.5 Å². The van der Waals surface area contributed by atoms with Gasteiger partial charge in [0.25, 0.3) is 0 Å². The molecule has 6 heteroatoms. The molecule has 1 aliphatic carbocycles. The van der Waals surface area contributed by atoms with Crippen LogP contribution in [0, 0.1) is 0 Å². The number of ketones is 2. The number of sulfone groups is 1. The quantitative estimate of drug-likeness (QED) is 0.457. The molecule has 126 valence electrons. The Kier molecular flexibility index (Phi) is 2.71. The third kappa shape index (κ3) is 1.62. The molecule has 0 saturated carbocycles. The predicted octanol–water partition coefficient (Wildman–Crippen LogP) is 2.98. The molecular formula is C20H10O5S. The van der Waals surface area contributed by atoms with Crippen LogP contribution in [0.1, 0.15) is 31.8 Å². The monoisotopic (exact) mass is 362 g/mol. The lowest BCUT2D eigenvalue weighted by atomic mass is 9.80. The molecule has 0 radical (unpaired) electrons. The lowest BCUT2D eigenvalue weighted by Gasteiger charge is -2.21. The molecule has 5 rings (SSSR count). The van der Waals surface area contributed by atoms with Crippen molar-refractivity contribution < 1.29 is 23.1 Å². The average Bonchev–Trinajstić information content (AvgIpc) is 2.87. The second-order valence-electron chi connectivity index (χ2n) is 6.22. The maximum atomic E-state index is 13.1. The van der Waals surface area contributed by atoms with Crippen molar-refractivity contribution in [3.63, 3.8) is 0 Å². The Morgan fingerprint density at radius 3 is 1.85 bits per heavy atom. The van der Waals surface area contributed by atoms with Gasteiger partial charge in [0.2, 0.25) is 9.84 Å². The number of hydrogen-bond acceptors (Lipinski definition) is 5. The van der Waals surface area contributed by atoms with Crippen molar-refractivity contribution in [2.45, 2.75) is 9.79 Å². The minimum Gasteiger partial charge on any atom is -0.507 e. The third-order valence-corrected chi connectivity index (χ3v) is 6.71. The molecule has 26 heavy (non-hydrogen) atoms. The van der Waals surface area contributed by atoms with Crippen LogP contribution in [0.5, 0.6) is 5.75 Å². The molecule has 0 bridgehead atoms. The molecule has 1 N–H and O–H groups in total. The van der Waals surface area contributed by atoms with Gasteiger partial charge in [0.15, 0.2) is 11.6 Å². The van der Waals surface area contributed by atoms with Gasteiger partial charge in [0, 0.05) is 33.9 Å². The van der Waals surface area contributed by atoms with Gasteiger partial charge in [-0.05, 0) is 6.07 Å². The largest absolute Gasteiger partial charge is 0.507 e. The van der Waals surface area contributed by atoms with E-state index >= 15 is 0 Å². The number of aromatic hydroxyl groups is 1. The van der Waals surface area contributed by atoms with Crippen LogP contribution in [-0.4, -0.2) is 25.1 Å². The van der Waals surface area contributed by atoms with Crippen molar-refractivity contribution in [3.05, 3.63) is 76.9 Å². The predicted molar refractivity (Wildman–Crippen MR) is 92.3 cm³/mol. The van der Waals surface area contributed by atoms with Crippen molar-refractivity contribution in [2.75, 3.05) is 0 Å². The van der Waals surface area contributed by atoms with Crippen molar-refractivity contribution in [3.8, 4) is 16.9 Å². The minimum absolute atomic E-state index is 0.0442. The summed E-state index contributed by atoms with van der Waals surface area (Å²) in [7, 11) is -3.86. The lowest BCUT2D eigenvalue weighted by molar-refractivity contribution is 0.0977. The number of carbonyl (C=O) groups is 2. The minimum atomic E-state index is -3.86. The first kappa shape index (κ1) is 15.0. The van der Waals surface area contributed by atoms with Crippen LogP contribution in [0.4, 0.5) is 0 Å². The highest BCUT2D eigenvalue weighted by atomic mass is 32.2. The molecule has 0 unspecified atom stereocenters. The van der Waals surface area contributed by atoms with Crippen LogP contribution in [0.2, 0.25) is 0 Å². The summed E-state index contributed by atoms with van der Waals surface area (Å²) in [4.78, 5) is 25.9. The summed E-state index contributed by atoms with van der Waals surface area (Å²) in [6, 6.07) is 13.7. The van der Waals surface area contributed by atoms with Gasteiger partial charge in [0.05, 0.1) is 15.4 Å². The van der Waals surface area contributed by atoms with Gasteiger partial charge in [-0.2, -0.15) is 0 Å². The van der Waals surface area contributed by atoms with Gasteiger partial charge in [-0.25, -0.2) is 8.42 Å². The summed E-state index contributed by atoms with van der Waals surface area (Å²) in [5.41, 5.74) is 0.797. The smallest absolute Gasteiger partial charge is 0.207 e. The Morgan fingerprint density at radius 2 is 1.19 bits per heavy atom. The van der Waals surface area contributed by atoms with Gasteiger partial charge in [0.1, 0.15) is 5.75 Å². The first-order valence-corrected chi connectivity index (χ1v) is 9.34. The van der Waals surface area contributed by atoms with Crippen molar-refractivity contribution in [1.82, 2.24) is 0 Å². The van der Waals surface area contributed by atoms with Crippen LogP contribution in [0.15, 0.2) is 64.4 Å². The fraction of sp³-hybridized carbons (Fsp3) is 0. The molecule has 2 aliphatic rings. The van der Waals surface area contributed by atoms with Crippen molar-refractivity contribution in [1.29, 1.82) is 0 Å². The van der Waals surface area contributed by atoms with Crippen LogP contribution < -0.4 is 0 Å². The van der Waals surface area contributed by atoms with Crippen molar-refractivity contribution >= 4 is 21.4 Å². The molecule has 0 amide bonds. The van der Waals surface area contributed by atoms with Crippen molar-refractivity contribution in [2.24, 2.45) is 0 Å². The van der Waals surface area contributed by atoms with E-state index in [0.717, 1.165) is 6.07 Å². The molecule has 0 fully saturated rings. The Labute approximate surface area is 148 Å². The molecule has 1 aliphatic heterocycles. The summed E-state index contributed by atoms with van der Waals surface area (Å²) in [5, 5.41) is 10.4. The summed E-state index contributed by atoms with van der Waals surface area (Å²) in [6.45, 7) is 0. The number of hydrogen-bond donors (Lipinski definition) is 1. The normalized spacial score (nSPS) is 15.8. The fourth-order valence-electron chi connectivity index (χ4n) is 3.76. The lowest BCUT2D eigenvalue weighted by Crippen LogP contribution is -2.22. The number of phenolic OH excluding ortho intramolecular Hbond substituents is 1. The number of phenols is 1. The molecule has 1 heterocycles. The Balaban J connectivity index is 1.98. The van der Waals surface area contributed by atoms with E-state index in [4.69, 9.17) is 0 Å². The first-order chi connectivity index (χ1) is 12.4. The molecule has 0 saturated heterocycles. The van der Waals surface area contributed by atoms with E-state index in [0.29, 0.717) is 5.56 Å². The average molecular weight is 362 g/mol. The summed E-state index contributed by atoms with van der Waals surface area (Å²) in [5.74, 6) is -1.45. The van der Waals surface area contributed by atoms with E-state index < -0.39 is 27.2 Å². The summed E-state index contributed by atoms with van der Waals surface area (Å²) >= 11 is 0. The zero-order chi connectivity index (χ0) is 18.2. The number of fused-ring (bicyclic) bond motifs is 6. The zero-order valence-corrected chi connectivity index (χ0v) is 14.0. The van der Waals surface area contributed by atoms with Gasteiger partial charge >= 0.3 is 0 Å². The summed E-state index contributed by atoms with van der Waals surface area (Å²) in [6.07, 6.45) is 0. The molecule has 3 aromatic carbocycles. The van der Waals surface area contributed by atoms with E-state index in [2.05, 4.69) is 0 Å². The second kappa shape index (κ2) is 4.68. The van der Waals surface area contributed by atoms with Gasteiger partial charge in [-0.1, -0.05) is 42.5 Å². The Hall–Kier alpha value is -3.25. The second-order valence-corrected chi connectivity index (χ2v) is 8.11. The highest BCUT2D eigenvalue weighted by molar-refractivity contribution is 7.92. The zero-order valence-electron chi connectivity index (χ0n) is 13.2. The maximum Gasteiger partial charge on any atom is 0.207 e. The summed E-state index contributed by atoms with van der Waals surface area (Å²) < 4.78 is 25.7. The van der Waals surface area contributed by atoms with E-state index in [1.807, 2.05) is 0 Å². The van der Waals surface area contributed by atoms with Crippen LogP contribution in [0.3, 0.4) is 0 Å². The Bertz CT molecular complexity index is 1290. The molecule has 0 spiro atoms. The van der Waals surface area contributed by atoms with Gasteiger partial charge < -0.3 is 5.11 Å². The third-order valence-electron chi connectivity index (χ3n) is 4.88. The highest BCUT2D eigenvalue weighted by Gasteiger charge is 2.42. The Morgan fingerprint density at radius 1 is 0.654 bits per heavy atom. The first-order valence-electron chi connectivity index (χ1n) is 7.86. The standard InChI is InChI=1S/C20H10O5S/c21-13-9-15-16(12-7-3-4-8-14(12)26(15,24)25)18-17(13)19(22)10-5-1-2-6-11(10)20(18)23/h1-9,21H. The van der Waals surface area contributed by atoms with E-state index in [1.165, 1.54) is 18.2 Å². The molecule has 5 nitrogen and oxygen atoms in total. The SMILES string of the molecule is O=C1c2ccccc2C(=O)c2c1c(O)cc1c2-c2ccccc2S1(=O)=O.